The minimum atomic E-state index is -0.235. The average Bonchev–Trinajstić information content (AvgIpc) is 3.35. The van der Waals surface area contributed by atoms with Gasteiger partial charge in [0.25, 0.3) is 11.5 Å². The molecule has 0 unspecified atom stereocenters. The minimum absolute atomic E-state index is 0.0189. The summed E-state index contributed by atoms with van der Waals surface area (Å²) in [7, 11) is 1.70. The highest BCUT2D eigenvalue weighted by Gasteiger charge is 2.16. The summed E-state index contributed by atoms with van der Waals surface area (Å²) in [4.78, 5) is 33.8. The summed E-state index contributed by atoms with van der Waals surface area (Å²) in [6, 6.07) is 21.2. The topological polar surface area (TPSA) is 91.8 Å². The van der Waals surface area contributed by atoms with Gasteiger partial charge in [-0.25, -0.2) is 4.98 Å². The first kappa shape index (κ1) is 25.0. The Hall–Kier alpha value is -4.65. The number of carbonyl (C=O) groups is 1. The van der Waals surface area contributed by atoms with Gasteiger partial charge in [0.15, 0.2) is 5.82 Å². The van der Waals surface area contributed by atoms with Crippen molar-refractivity contribution in [3.05, 3.63) is 106 Å². The molecule has 0 aliphatic heterocycles. The predicted octanol–water partition coefficient (Wildman–Crippen LogP) is 6.53. The zero-order valence-electron chi connectivity index (χ0n) is 22.2. The lowest BCUT2D eigenvalue weighted by atomic mass is 9.86. The van der Waals surface area contributed by atoms with Crippen LogP contribution >= 0.6 is 0 Å². The molecule has 3 aromatic carbocycles. The van der Waals surface area contributed by atoms with E-state index in [1.807, 2.05) is 79.9 Å². The average molecular weight is 506 g/mol. The number of rotatable bonds is 5. The number of fused-ring (bicyclic) bond motifs is 1. The summed E-state index contributed by atoms with van der Waals surface area (Å²) in [5.74, 6) is 0.0462. The molecule has 192 valence electrons. The summed E-state index contributed by atoms with van der Waals surface area (Å²) in [5.41, 5.74) is 6.27. The van der Waals surface area contributed by atoms with Crippen molar-refractivity contribution < 1.29 is 4.79 Å². The van der Waals surface area contributed by atoms with Crippen LogP contribution in [0.5, 0.6) is 0 Å². The van der Waals surface area contributed by atoms with Crippen molar-refractivity contribution in [2.45, 2.75) is 33.1 Å². The third-order valence-corrected chi connectivity index (χ3v) is 6.76. The van der Waals surface area contributed by atoms with E-state index in [-0.39, 0.29) is 22.7 Å². The normalized spacial score (nSPS) is 11.5. The summed E-state index contributed by atoms with van der Waals surface area (Å²) in [6.07, 6.45) is 3.59. The minimum Gasteiger partial charge on any atom is -0.361 e. The van der Waals surface area contributed by atoms with Gasteiger partial charge in [-0.15, -0.1) is 0 Å². The maximum atomic E-state index is 13.0. The number of aryl methyl sites for hydroxylation is 1. The Bertz CT molecular complexity index is 1710. The van der Waals surface area contributed by atoms with Crippen LogP contribution in [0.2, 0.25) is 0 Å². The molecule has 7 nitrogen and oxygen atoms in total. The van der Waals surface area contributed by atoms with Crippen molar-refractivity contribution in [3.8, 4) is 11.3 Å². The van der Waals surface area contributed by atoms with Gasteiger partial charge in [-0.05, 0) is 65.3 Å². The summed E-state index contributed by atoms with van der Waals surface area (Å²) in [6.45, 7) is 8.37. The Balaban J connectivity index is 1.43. The van der Waals surface area contributed by atoms with E-state index in [4.69, 9.17) is 0 Å². The molecule has 0 fully saturated rings. The second-order valence-electron chi connectivity index (χ2n) is 10.6. The molecule has 1 amide bonds. The van der Waals surface area contributed by atoms with Gasteiger partial charge in [0.2, 0.25) is 0 Å². The summed E-state index contributed by atoms with van der Waals surface area (Å²) in [5, 5.41) is 7.30. The Labute approximate surface area is 221 Å². The lowest BCUT2D eigenvalue weighted by Gasteiger charge is -2.19. The molecular formula is C31H31N5O2. The zero-order chi connectivity index (χ0) is 27.0. The van der Waals surface area contributed by atoms with E-state index in [1.165, 1.54) is 10.1 Å². The second-order valence-corrected chi connectivity index (χ2v) is 10.6. The third-order valence-electron chi connectivity index (χ3n) is 6.76. The van der Waals surface area contributed by atoms with E-state index in [2.05, 4.69) is 41.4 Å². The highest BCUT2D eigenvalue weighted by molar-refractivity contribution is 6.05. The van der Waals surface area contributed by atoms with Crippen LogP contribution in [0, 0.1) is 6.92 Å². The lowest BCUT2D eigenvalue weighted by molar-refractivity contribution is 0.102. The predicted molar refractivity (Wildman–Crippen MR) is 154 cm³/mol. The van der Waals surface area contributed by atoms with Crippen LogP contribution in [-0.2, 0) is 12.5 Å². The Morgan fingerprint density at radius 1 is 1.00 bits per heavy atom. The van der Waals surface area contributed by atoms with Gasteiger partial charge in [-0.1, -0.05) is 51.1 Å². The quantitative estimate of drug-likeness (QED) is 0.253. The number of benzene rings is 3. The molecule has 0 atom stereocenters. The fourth-order valence-electron chi connectivity index (χ4n) is 4.44. The van der Waals surface area contributed by atoms with Crippen LogP contribution in [0.15, 0.2) is 83.9 Å². The van der Waals surface area contributed by atoms with Crippen molar-refractivity contribution in [2.75, 3.05) is 10.6 Å². The molecule has 0 radical (unpaired) electrons. The highest BCUT2D eigenvalue weighted by Crippen LogP contribution is 2.29. The van der Waals surface area contributed by atoms with Crippen LogP contribution in [-0.4, -0.2) is 20.4 Å². The molecule has 2 aromatic heterocycles. The molecule has 2 heterocycles. The molecule has 0 spiro atoms. The first-order chi connectivity index (χ1) is 18.1. The Morgan fingerprint density at radius 2 is 1.76 bits per heavy atom. The second kappa shape index (κ2) is 9.67. The number of anilines is 3. The molecule has 38 heavy (non-hydrogen) atoms. The SMILES string of the molecule is Cc1c(NC(=O)c2ccc(C(C)(C)C)cc2)cccc1-c1cn(C)c(=O)c(Nc2ccc3cc[nH]c3c2)n1. The summed E-state index contributed by atoms with van der Waals surface area (Å²) >= 11 is 0. The van der Waals surface area contributed by atoms with E-state index >= 15 is 0 Å². The Morgan fingerprint density at radius 3 is 2.50 bits per heavy atom. The van der Waals surface area contributed by atoms with Gasteiger partial charge >= 0.3 is 0 Å². The maximum Gasteiger partial charge on any atom is 0.293 e. The van der Waals surface area contributed by atoms with Crippen LogP contribution in [0.3, 0.4) is 0 Å². The number of hydrogen-bond acceptors (Lipinski definition) is 4. The number of nitrogens with zero attached hydrogens (tertiary/aromatic N) is 2. The van der Waals surface area contributed by atoms with Gasteiger partial charge in [0.05, 0.1) is 5.69 Å². The van der Waals surface area contributed by atoms with E-state index in [9.17, 15) is 9.59 Å². The molecule has 0 aliphatic rings. The van der Waals surface area contributed by atoms with Gasteiger partial charge in [0, 0.05) is 47.5 Å². The molecule has 0 saturated heterocycles. The monoisotopic (exact) mass is 505 g/mol. The number of aromatic nitrogens is 3. The Kier molecular flexibility index (Phi) is 6.36. The molecule has 0 saturated carbocycles. The maximum absolute atomic E-state index is 13.0. The first-order valence-electron chi connectivity index (χ1n) is 12.5. The third kappa shape index (κ3) is 4.95. The standard InChI is InChI=1S/C31H31N5O2/c1-19-24(7-6-8-25(19)35-29(37)21-9-12-22(13-10-21)31(2,3)4)27-18-36(5)30(38)28(34-27)33-23-14-11-20-15-16-32-26(20)17-23/h6-18,32H,1-5H3,(H,33,34)(H,35,37). The lowest BCUT2D eigenvalue weighted by Crippen LogP contribution is -2.21. The van der Waals surface area contributed by atoms with Crippen LogP contribution in [0.1, 0.15) is 42.3 Å². The molecule has 0 aliphatic carbocycles. The highest BCUT2D eigenvalue weighted by atomic mass is 16.1. The number of hydrogen-bond donors (Lipinski definition) is 3. The van der Waals surface area contributed by atoms with Gasteiger partial charge in [-0.2, -0.15) is 0 Å². The molecule has 5 aromatic rings. The van der Waals surface area contributed by atoms with E-state index in [1.54, 1.807) is 13.2 Å². The van der Waals surface area contributed by atoms with Gasteiger partial charge < -0.3 is 20.2 Å². The van der Waals surface area contributed by atoms with Crippen LogP contribution in [0.25, 0.3) is 22.2 Å². The molecule has 3 N–H and O–H groups in total. The smallest absolute Gasteiger partial charge is 0.293 e. The molecule has 5 rings (SSSR count). The number of nitrogens with one attached hydrogen (secondary N) is 3. The van der Waals surface area contributed by atoms with Crippen molar-refractivity contribution in [1.29, 1.82) is 0 Å². The largest absolute Gasteiger partial charge is 0.361 e. The molecule has 0 bridgehead atoms. The number of H-pyrrole nitrogens is 1. The number of aromatic amines is 1. The fraction of sp³-hybridized carbons (Fsp3) is 0.194. The van der Waals surface area contributed by atoms with Gasteiger partial charge in [-0.3, -0.25) is 9.59 Å². The van der Waals surface area contributed by atoms with Crippen LogP contribution < -0.4 is 16.2 Å². The van der Waals surface area contributed by atoms with Crippen molar-refractivity contribution in [3.63, 3.8) is 0 Å². The van der Waals surface area contributed by atoms with Gasteiger partial charge in [0.1, 0.15) is 0 Å². The fourth-order valence-corrected chi connectivity index (χ4v) is 4.44. The first-order valence-corrected chi connectivity index (χ1v) is 12.5. The van der Waals surface area contributed by atoms with Crippen molar-refractivity contribution in [2.24, 2.45) is 7.05 Å². The van der Waals surface area contributed by atoms with Crippen molar-refractivity contribution >= 4 is 34.0 Å². The summed E-state index contributed by atoms with van der Waals surface area (Å²) < 4.78 is 1.51. The molecular weight excluding hydrogens is 474 g/mol. The van der Waals surface area contributed by atoms with E-state index in [0.29, 0.717) is 16.9 Å². The molecule has 7 heteroatoms. The van der Waals surface area contributed by atoms with Crippen molar-refractivity contribution in [1.82, 2.24) is 14.5 Å². The van der Waals surface area contributed by atoms with E-state index in [0.717, 1.165) is 27.7 Å². The van der Waals surface area contributed by atoms with Crippen LogP contribution in [0.4, 0.5) is 17.2 Å². The number of amides is 1. The zero-order valence-corrected chi connectivity index (χ0v) is 22.2. The number of carbonyl (C=O) groups excluding carboxylic acids is 1. The van der Waals surface area contributed by atoms with E-state index < -0.39 is 0 Å².